The fraction of sp³-hybridized carbons (Fsp3) is 0. The Morgan fingerprint density at radius 3 is 2.27 bits per heavy atom. The molecule has 0 aliphatic heterocycles. The highest BCUT2D eigenvalue weighted by Crippen LogP contribution is 2.33. The highest BCUT2D eigenvalue weighted by Gasteiger charge is 2.24. The lowest BCUT2D eigenvalue weighted by Crippen LogP contribution is -2.08. The van der Waals surface area contributed by atoms with Crippen molar-refractivity contribution in [2.45, 2.75) is 9.92 Å². The van der Waals surface area contributed by atoms with Crippen molar-refractivity contribution in [2.75, 3.05) is 11.5 Å². The van der Waals surface area contributed by atoms with Crippen LogP contribution in [0.1, 0.15) is 0 Å². The molecule has 4 rings (SSSR count). The molecule has 30 heavy (non-hydrogen) atoms. The number of hydrogen-bond acceptors (Lipinski definition) is 8. The maximum Gasteiger partial charge on any atom is 0.226 e. The van der Waals surface area contributed by atoms with Gasteiger partial charge in [0.25, 0.3) is 0 Å². The minimum Gasteiger partial charge on any atom is -0.382 e. The maximum atomic E-state index is 14.9. The lowest BCUT2D eigenvalue weighted by molar-refractivity contribution is 0.592. The molecule has 0 aliphatic carbocycles. The van der Waals surface area contributed by atoms with Crippen molar-refractivity contribution < 1.29 is 12.8 Å². The Morgan fingerprint density at radius 1 is 0.833 bits per heavy atom. The molecule has 0 saturated carbocycles. The molecule has 2 aromatic carbocycles. The van der Waals surface area contributed by atoms with Crippen LogP contribution in [0, 0.1) is 5.82 Å². The molecule has 0 radical (unpaired) electrons. The highest BCUT2D eigenvalue weighted by atomic mass is 32.2. The summed E-state index contributed by atoms with van der Waals surface area (Å²) >= 11 is 0. The minimum atomic E-state index is -4.03. The number of halogens is 1. The van der Waals surface area contributed by atoms with Crippen molar-refractivity contribution in [1.29, 1.82) is 0 Å². The summed E-state index contributed by atoms with van der Waals surface area (Å²) in [6, 6.07) is 10.7. The van der Waals surface area contributed by atoms with Gasteiger partial charge in [-0.05, 0) is 17.7 Å². The average Bonchev–Trinajstić information content (AvgIpc) is 2.74. The summed E-state index contributed by atoms with van der Waals surface area (Å²) in [6.45, 7) is 0. The second-order valence-corrected chi connectivity index (χ2v) is 8.17. The number of nitrogens with zero attached hydrogens (tertiary/aromatic N) is 4. The van der Waals surface area contributed by atoms with Crippen molar-refractivity contribution in [3.63, 3.8) is 0 Å². The Labute approximate surface area is 171 Å². The molecule has 2 heterocycles. The summed E-state index contributed by atoms with van der Waals surface area (Å²) in [5.74, 6) is -0.494. The van der Waals surface area contributed by atoms with Crippen molar-refractivity contribution in [1.82, 2.24) is 19.9 Å². The first-order valence-electron chi connectivity index (χ1n) is 8.66. The molecule has 10 heteroatoms. The molecule has 0 fully saturated rings. The van der Waals surface area contributed by atoms with Gasteiger partial charge in [0.15, 0.2) is 5.03 Å². The van der Waals surface area contributed by atoms with Crippen LogP contribution in [0.15, 0.2) is 77.2 Å². The molecular formula is C20H15FN6O2S. The second-order valence-electron chi connectivity index (χ2n) is 6.31. The van der Waals surface area contributed by atoms with Crippen LogP contribution in [0.5, 0.6) is 0 Å². The van der Waals surface area contributed by atoms with Gasteiger partial charge in [-0.25, -0.2) is 27.8 Å². The van der Waals surface area contributed by atoms with E-state index in [-0.39, 0.29) is 27.3 Å². The number of anilines is 2. The zero-order valence-electron chi connectivity index (χ0n) is 15.4. The van der Waals surface area contributed by atoms with Crippen LogP contribution in [0.25, 0.3) is 22.3 Å². The summed E-state index contributed by atoms with van der Waals surface area (Å²) in [4.78, 5) is 15.3. The van der Waals surface area contributed by atoms with Crippen molar-refractivity contribution in [2.24, 2.45) is 0 Å². The topological polar surface area (TPSA) is 138 Å². The van der Waals surface area contributed by atoms with Gasteiger partial charge in [-0.1, -0.05) is 30.3 Å². The monoisotopic (exact) mass is 422 g/mol. The van der Waals surface area contributed by atoms with Crippen LogP contribution in [0.3, 0.4) is 0 Å². The van der Waals surface area contributed by atoms with Gasteiger partial charge in [-0.2, -0.15) is 0 Å². The van der Waals surface area contributed by atoms with E-state index in [1.807, 2.05) is 0 Å². The molecule has 0 atom stereocenters. The van der Waals surface area contributed by atoms with Crippen LogP contribution in [0.2, 0.25) is 0 Å². The van der Waals surface area contributed by atoms with Crippen molar-refractivity contribution >= 4 is 21.6 Å². The van der Waals surface area contributed by atoms with E-state index in [0.29, 0.717) is 16.7 Å². The molecule has 0 bridgehead atoms. The first kappa shape index (κ1) is 19.4. The van der Waals surface area contributed by atoms with Gasteiger partial charge >= 0.3 is 0 Å². The van der Waals surface area contributed by atoms with E-state index in [1.54, 1.807) is 24.3 Å². The zero-order valence-corrected chi connectivity index (χ0v) is 16.2. The van der Waals surface area contributed by atoms with Crippen LogP contribution < -0.4 is 11.5 Å². The molecule has 150 valence electrons. The zero-order chi connectivity index (χ0) is 21.3. The molecule has 0 aliphatic rings. The molecule has 4 N–H and O–H groups in total. The molecule has 8 nitrogen and oxygen atoms in total. The van der Waals surface area contributed by atoms with Crippen LogP contribution in [-0.4, -0.2) is 28.4 Å². The standard InChI is InChI=1S/C20H15FN6O2S/c21-16-7-12(5-6-14(16)13-8-25-20(23)26-9-13)15-3-1-2-4-17(15)30(28,29)19-11-24-10-18(22)27-19/h1-11H,(H2,22,27)(H2,23,25,26). The van der Waals surface area contributed by atoms with E-state index in [1.165, 1.54) is 36.8 Å². The van der Waals surface area contributed by atoms with Gasteiger partial charge in [0.05, 0.1) is 17.3 Å². The lowest BCUT2D eigenvalue weighted by atomic mass is 10.0. The predicted octanol–water partition coefficient (Wildman–Crippen LogP) is 2.74. The first-order valence-corrected chi connectivity index (χ1v) is 10.1. The largest absolute Gasteiger partial charge is 0.382 e. The van der Waals surface area contributed by atoms with E-state index in [9.17, 15) is 12.8 Å². The maximum absolute atomic E-state index is 14.9. The van der Waals surface area contributed by atoms with Gasteiger partial charge in [-0.3, -0.25) is 4.98 Å². The molecule has 0 unspecified atom stereocenters. The van der Waals surface area contributed by atoms with Gasteiger partial charge < -0.3 is 11.5 Å². The number of hydrogen-bond donors (Lipinski definition) is 2. The van der Waals surface area contributed by atoms with E-state index in [4.69, 9.17) is 11.5 Å². The first-order chi connectivity index (χ1) is 14.4. The Kier molecular flexibility index (Phi) is 4.84. The Bertz CT molecular complexity index is 1340. The summed E-state index contributed by atoms with van der Waals surface area (Å²) < 4.78 is 41.1. The van der Waals surface area contributed by atoms with Gasteiger partial charge in [0.1, 0.15) is 11.6 Å². The smallest absolute Gasteiger partial charge is 0.226 e. The molecule has 4 aromatic rings. The molecule has 2 aromatic heterocycles. The van der Waals surface area contributed by atoms with E-state index >= 15 is 0 Å². The number of nitrogen functional groups attached to an aromatic ring is 2. The predicted molar refractivity (Wildman–Crippen MR) is 109 cm³/mol. The third kappa shape index (κ3) is 3.55. The van der Waals surface area contributed by atoms with Crippen molar-refractivity contribution in [3.8, 4) is 22.3 Å². The number of benzene rings is 2. The molecule has 0 spiro atoms. The van der Waals surface area contributed by atoms with Crippen LogP contribution in [-0.2, 0) is 9.84 Å². The fourth-order valence-corrected chi connectivity index (χ4v) is 4.32. The SMILES string of the molecule is Nc1cncc(S(=O)(=O)c2ccccc2-c2ccc(-c3cnc(N)nc3)c(F)c2)n1. The second kappa shape index (κ2) is 7.48. The lowest BCUT2D eigenvalue weighted by Gasteiger charge is -2.12. The van der Waals surface area contributed by atoms with Gasteiger partial charge in [-0.15, -0.1) is 0 Å². The fourth-order valence-electron chi connectivity index (χ4n) is 2.94. The summed E-state index contributed by atoms with van der Waals surface area (Å²) in [5.41, 5.74) is 12.5. The normalized spacial score (nSPS) is 11.4. The molecule has 0 saturated heterocycles. The Hall–Kier alpha value is -3.92. The molecular weight excluding hydrogens is 407 g/mol. The van der Waals surface area contributed by atoms with E-state index in [0.717, 1.165) is 6.20 Å². The number of rotatable bonds is 4. The number of aromatic nitrogens is 4. The van der Waals surface area contributed by atoms with Gasteiger partial charge in [0.2, 0.25) is 15.8 Å². The highest BCUT2D eigenvalue weighted by molar-refractivity contribution is 7.91. The Balaban J connectivity index is 1.81. The quantitative estimate of drug-likeness (QED) is 0.512. The summed E-state index contributed by atoms with van der Waals surface area (Å²) in [5, 5.41) is -0.286. The molecule has 0 amide bonds. The number of nitrogens with two attached hydrogens (primary N) is 2. The third-order valence-corrected chi connectivity index (χ3v) is 6.03. The van der Waals surface area contributed by atoms with Crippen molar-refractivity contribution in [3.05, 3.63) is 73.1 Å². The third-order valence-electron chi connectivity index (χ3n) is 4.35. The minimum absolute atomic E-state index is 0.0188. The average molecular weight is 422 g/mol. The summed E-state index contributed by atoms with van der Waals surface area (Å²) in [6.07, 6.45) is 5.20. The van der Waals surface area contributed by atoms with Crippen LogP contribution in [0.4, 0.5) is 16.2 Å². The number of sulfone groups is 1. The Morgan fingerprint density at radius 2 is 1.57 bits per heavy atom. The van der Waals surface area contributed by atoms with E-state index in [2.05, 4.69) is 19.9 Å². The van der Waals surface area contributed by atoms with Gasteiger partial charge in [0, 0.05) is 29.1 Å². The van der Waals surface area contributed by atoms with Crippen LogP contribution >= 0.6 is 0 Å². The summed E-state index contributed by atoms with van der Waals surface area (Å²) in [7, 11) is -4.03. The van der Waals surface area contributed by atoms with E-state index < -0.39 is 15.7 Å².